The second-order valence-corrected chi connectivity index (χ2v) is 3.36. The Bertz CT molecular complexity index is 274. The average Bonchev–Trinajstić information content (AvgIpc) is 2.14. The molecule has 1 atom stereocenters. The Hall–Kier alpha value is -2.26. The van der Waals surface area contributed by atoms with Gasteiger partial charge in [-0.1, -0.05) is 19.8 Å². The molecular formula is C8H21N7O3. The molecule has 0 aliphatic rings. The summed E-state index contributed by atoms with van der Waals surface area (Å²) in [5.41, 5.74) is 15.7. The molecule has 0 aliphatic heterocycles. The normalized spacial score (nSPS) is 10.5. The zero-order valence-corrected chi connectivity index (χ0v) is 10.3. The van der Waals surface area contributed by atoms with Crippen LogP contribution in [0.5, 0.6) is 0 Å². The highest BCUT2D eigenvalue weighted by molar-refractivity contribution is 5.77. The highest BCUT2D eigenvalue weighted by Gasteiger charge is 2.06. The van der Waals surface area contributed by atoms with Crippen molar-refractivity contribution in [3.63, 3.8) is 0 Å². The van der Waals surface area contributed by atoms with Gasteiger partial charge in [-0.05, 0) is 12.8 Å². The van der Waals surface area contributed by atoms with E-state index in [9.17, 15) is 0 Å². The molecule has 0 amide bonds. The SMILES string of the molecule is CCCCCC(N=C(N)N)NC(=N)N.O=[N+]([O-])O. The zero-order chi connectivity index (χ0) is 14.6. The van der Waals surface area contributed by atoms with Crippen molar-refractivity contribution in [3.05, 3.63) is 10.1 Å². The van der Waals surface area contributed by atoms with Crippen LogP contribution in [0.3, 0.4) is 0 Å². The van der Waals surface area contributed by atoms with E-state index >= 15 is 0 Å². The van der Waals surface area contributed by atoms with Gasteiger partial charge in [0.2, 0.25) is 0 Å². The summed E-state index contributed by atoms with van der Waals surface area (Å²) >= 11 is 0. The minimum Gasteiger partial charge on any atom is -0.370 e. The van der Waals surface area contributed by atoms with Crippen LogP contribution in [0.15, 0.2) is 4.99 Å². The Kier molecular flexibility index (Phi) is 11.3. The fourth-order valence-corrected chi connectivity index (χ4v) is 1.12. The highest BCUT2D eigenvalue weighted by Crippen LogP contribution is 2.03. The van der Waals surface area contributed by atoms with Gasteiger partial charge >= 0.3 is 0 Å². The maximum absolute atomic E-state index is 8.36. The topological polar surface area (TPSA) is 190 Å². The molecule has 10 heteroatoms. The van der Waals surface area contributed by atoms with E-state index in [1.807, 2.05) is 0 Å². The van der Waals surface area contributed by atoms with Crippen molar-refractivity contribution in [1.82, 2.24) is 5.32 Å². The van der Waals surface area contributed by atoms with Gasteiger partial charge in [0.05, 0.1) is 0 Å². The molecule has 106 valence electrons. The van der Waals surface area contributed by atoms with Crippen LogP contribution in [0.25, 0.3) is 0 Å². The van der Waals surface area contributed by atoms with Gasteiger partial charge in [-0.25, -0.2) is 4.99 Å². The molecule has 0 bridgehead atoms. The van der Waals surface area contributed by atoms with E-state index in [0.717, 1.165) is 25.7 Å². The second-order valence-electron chi connectivity index (χ2n) is 3.36. The van der Waals surface area contributed by atoms with Crippen molar-refractivity contribution >= 4 is 11.9 Å². The molecule has 0 saturated carbocycles. The lowest BCUT2D eigenvalue weighted by atomic mass is 10.2. The molecule has 0 heterocycles. The molecule has 0 saturated heterocycles. The quantitative estimate of drug-likeness (QED) is 0.120. The Morgan fingerprint density at radius 1 is 1.50 bits per heavy atom. The monoisotopic (exact) mass is 263 g/mol. The van der Waals surface area contributed by atoms with Crippen LogP contribution in [0.2, 0.25) is 0 Å². The van der Waals surface area contributed by atoms with Gasteiger partial charge in [0.15, 0.2) is 11.9 Å². The number of unbranched alkanes of at least 4 members (excludes halogenated alkanes) is 2. The van der Waals surface area contributed by atoms with Crippen molar-refractivity contribution in [2.45, 2.75) is 38.8 Å². The molecule has 0 aromatic heterocycles. The van der Waals surface area contributed by atoms with Crippen molar-refractivity contribution < 1.29 is 10.3 Å². The summed E-state index contributed by atoms with van der Waals surface area (Å²) in [5.74, 6) is -0.100. The molecule has 0 aromatic carbocycles. The van der Waals surface area contributed by atoms with Gasteiger partial charge in [-0.15, -0.1) is 10.1 Å². The van der Waals surface area contributed by atoms with Crippen molar-refractivity contribution in [3.8, 4) is 0 Å². The van der Waals surface area contributed by atoms with Crippen LogP contribution in [-0.2, 0) is 0 Å². The first-order chi connectivity index (χ1) is 8.29. The number of rotatable bonds is 6. The minimum atomic E-state index is -1.50. The average molecular weight is 263 g/mol. The summed E-state index contributed by atoms with van der Waals surface area (Å²) in [6, 6.07) is 0. The Morgan fingerprint density at radius 2 is 2.00 bits per heavy atom. The van der Waals surface area contributed by atoms with Gasteiger partial charge in [0.1, 0.15) is 6.17 Å². The number of guanidine groups is 2. The van der Waals surface area contributed by atoms with E-state index in [1.54, 1.807) is 0 Å². The molecular weight excluding hydrogens is 242 g/mol. The van der Waals surface area contributed by atoms with Gasteiger partial charge in [-0.3, -0.25) is 5.41 Å². The van der Waals surface area contributed by atoms with E-state index in [0.29, 0.717) is 0 Å². The van der Waals surface area contributed by atoms with Crippen LogP contribution >= 0.6 is 0 Å². The summed E-state index contributed by atoms with van der Waals surface area (Å²) < 4.78 is 0. The molecule has 0 spiro atoms. The number of hydrogen-bond donors (Lipinski definition) is 6. The van der Waals surface area contributed by atoms with Crippen molar-refractivity contribution in [1.29, 1.82) is 5.41 Å². The third-order valence-corrected chi connectivity index (χ3v) is 1.71. The molecule has 0 aromatic rings. The number of nitrogens with one attached hydrogen (secondary N) is 2. The molecule has 18 heavy (non-hydrogen) atoms. The van der Waals surface area contributed by atoms with E-state index in [-0.39, 0.29) is 18.1 Å². The first-order valence-electron chi connectivity index (χ1n) is 5.32. The molecule has 1 unspecified atom stereocenters. The van der Waals surface area contributed by atoms with E-state index in [4.69, 9.17) is 37.9 Å². The fraction of sp³-hybridized carbons (Fsp3) is 0.750. The lowest BCUT2D eigenvalue weighted by Gasteiger charge is -2.14. The van der Waals surface area contributed by atoms with Gasteiger partial charge < -0.3 is 27.7 Å². The smallest absolute Gasteiger partial charge is 0.291 e. The first-order valence-corrected chi connectivity index (χ1v) is 5.32. The summed E-state index contributed by atoms with van der Waals surface area (Å²) in [5, 5.41) is 23.4. The minimum absolute atomic E-state index is 0.0141. The van der Waals surface area contributed by atoms with Gasteiger partial charge in [-0.2, -0.15) is 0 Å². The van der Waals surface area contributed by atoms with E-state index in [1.165, 1.54) is 0 Å². The molecule has 10 nitrogen and oxygen atoms in total. The summed E-state index contributed by atoms with van der Waals surface area (Å²) in [6.45, 7) is 2.12. The molecule has 0 rings (SSSR count). The summed E-state index contributed by atoms with van der Waals surface area (Å²) in [7, 11) is 0. The van der Waals surface area contributed by atoms with Crippen molar-refractivity contribution in [2.75, 3.05) is 0 Å². The van der Waals surface area contributed by atoms with Crippen molar-refractivity contribution in [2.24, 2.45) is 22.2 Å². The fourth-order valence-electron chi connectivity index (χ4n) is 1.12. The second kappa shape index (κ2) is 11.2. The van der Waals surface area contributed by atoms with E-state index < -0.39 is 5.09 Å². The third-order valence-electron chi connectivity index (χ3n) is 1.71. The van der Waals surface area contributed by atoms with Crippen LogP contribution in [-0.4, -0.2) is 28.4 Å². The molecule has 9 N–H and O–H groups in total. The van der Waals surface area contributed by atoms with Gasteiger partial charge in [0, 0.05) is 0 Å². The van der Waals surface area contributed by atoms with Crippen LogP contribution in [0.4, 0.5) is 0 Å². The summed E-state index contributed by atoms with van der Waals surface area (Å²) in [4.78, 5) is 12.3. The van der Waals surface area contributed by atoms with E-state index in [2.05, 4.69) is 17.2 Å². The molecule has 0 fully saturated rings. The molecule has 0 radical (unpaired) electrons. The predicted octanol–water partition coefficient (Wildman–Crippen LogP) is -0.698. The predicted molar refractivity (Wildman–Crippen MR) is 67.6 cm³/mol. The van der Waals surface area contributed by atoms with Crippen LogP contribution < -0.4 is 22.5 Å². The number of nitrogens with two attached hydrogens (primary N) is 3. The van der Waals surface area contributed by atoms with Gasteiger partial charge in [0.25, 0.3) is 5.09 Å². The summed E-state index contributed by atoms with van der Waals surface area (Å²) in [6.07, 6.45) is 3.78. The molecule has 0 aliphatic carbocycles. The maximum atomic E-state index is 8.36. The lowest BCUT2D eigenvalue weighted by molar-refractivity contribution is -0.742. The Balaban J connectivity index is 0. The number of nitrogens with zero attached hydrogens (tertiary/aromatic N) is 2. The Labute approximate surface area is 105 Å². The van der Waals surface area contributed by atoms with Crippen LogP contribution in [0.1, 0.15) is 32.6 Å². The number of hydrogen-bond acceptors (Lipinski definition) is 4. The number of aliphatic imine (C=N–C) groups is 1. The zero-order valence-electron chi connectivity index (χ0n) is 10.3. The maximum Gasteiger partial charge on any atom is 0.291 e. The Morgan fingerprint density at radius 3 is 2.33 bits per heavy atom. The van der Waals surface area contributed by atoms with Crippen LogP contribution in [0, 0.1) is 15.5 Å². The lowest BCUT2D eigenvalue weighted by Crippen LogP contribution is -2.40. The highest BCUT2D eigenvalue weighted by atomic mass is 16.9. The standard InChI is InChI=1S/C8H20N6.HNO3/c1-2-3-4-5-6(13-7(9)10)14-8(11)12;2-1(3)4/h6H,2-5H2,1H3,(H4,9,10,13)(H4,11,12,14);(H,2,3,4). The third kappa shape index (κ3) is 19.3. The largest absolute Gasteiger partial charge is 0.370 e. The first kappa shape index (κ1) is 18.1.